The number of carbonyl (C=O) groups excluding carboxylic acids is 1. The fraction of sp³-hybridized carbons (Fsp3) is 0.417. The Morgan fingerprint density at radius 1 is 1.50 bits per heavy atom. The van der Waals surface area contributed by atoms with Crippen molar-refractivity contribution < 1.29 is 14.3 Å². The van der Waals surface area contributed by atoms with Crippen LogP contribution >= 0.6 is 11.6 Å². The molecule has 0 N–H and O–H groups in total. The summed E-state index contributed by atoms with van der Waals surface area (Å²) < 4.78 is 10.8. The van der Waals surface area contributed by atoms with E-state index in [2.05, 4.69) is 0 Å². The lowest BCUT2D eigenvalue weighted by atomic mass is 10.00. The van der Waals surface area contributed by atoms with Crippen molar-refractivity contribution in [3.8, 4) is 5.75 Å². The van der Waals surface area contributed by atoms with Crippen molar-refractivity contribution in [3.63, 3.8) is 0 Å². The molecule has 2 rings (SSSR count). The van der Waals surface area contributed by atoms with Crippen molar-refractivity contribution in [2.45, 2.75) is 18.9 Å². The molecule has 16 heavy (non-hydrogen) atoms. The van der Waals surface area contributed by atoms with E-state index in [1.54, 1.807) is 19.2 Å². The van der Waals surface area contributed by atoms with Crippen LogP contribution in [0.1, 0.15) is 24.5 Å². The van der Waals surface area contributed by atoms with E-state index in [0.29, 0.717) is 30.2 Å². The van der Waals surface area contributed by atoms with Crippen LogP contribution in [-0.2, 0) is 9.53 Å². The number of halogens is 1. The fourth-order valence-corrected chi connectivity index (χ4v) is 2.00. The third-order valence-corrected chi connectivity index (χ3v) is 2.89. The third kappa shape index (κ3) is 2.36. The molecule has 3 nitrogen and oxygen atoms in total. The molecule has 1 saturated heterocycles. The van der Waals surface area contributed by atoms with Gasteiger partial charge in [-0.3, -0.25) is 4.79 Å². The second-order valence-corrected chi connectivity index (χ2v) is 4.17. The second kappa shape index (κ2) is 4.85. The van der Waals surface area contributed by atoms with Gasteiger partial charge in [0.15, 0.2) is 0 Å². The Hall–Kier alpha value is -1.06. The number of rotatable bonds is 2. The minimum Gasteiger partial charge on any atom is -0.496 e. The highest BCUT2D eigenvalue weighted by molar-refractivity contribution is 6.30. The molecule has 1 heterocycles. The molecule has 0 bridgehead atoms. The van der Waals surface area contributed by atoms with Gasteiger partial charge in [-0.25, -0.2) is 0 Å². The molecule has 1 fully saturated rings. The number of Topliss-reactive ketones (excluding diaryl/α,β-unsaturated/α-hetero) is 1. The number of carbonyl (C=O) groups is 1. The van der Waals surface area contributed by atoms with Gasteiger partial charge in [0.1, 0.15) is 11.5 Å². The van der Waals surface area contributed by atoms with E-state index < -0.39 is 0 Å². The van der Waals surface area contributed by atoms with Crippen LogP contribution in [0.25, 0.3) is 0 Å². The summed E-state index contributed by atoms with van der Waals surface area (Å²) >= 11 is 5.88. The smallest absolute Gasteiger partial charge is 0.138 e. The summed E-state index contributed by atoms with van der Waals surface area (Å²) in [6.07, 6.45) is 0.721. The SMILES string of the molecule is COc1cc(Cl)ccc1C1CC(=O)CCO1. The monoisotopic (exact) mass is 240 g/mol. The van der Waals surface area contributed by atoms with Gasteiger partial charge >= 0.3 is 0 Å². The first kappa shape index (κ1) is 11.4. The molecule has 1 aliphatic rings. The van der Waals surface area contributed by atoms with Crippen LogP contribution < -0.4 is 4.74 Å². The Bertz CT molecular complexity index is 403. The summed E-state index contributed by atoms with van der Waals surface area (Å²) in [7, 11) is 1.58. The van der Waals surface area contributed by atoms with Gasteiger partial charge in [-0.2, -0.15) is 0 Å². The van der Waals surface area contributed by atoms with Crippen molar-refractivity contribution in [2.75, 3.05) is 13.7 Å². The van der Waals surface area contributed by atoms with Gasteiger partial charge in [0.05, 0.1) is 19.8 Å². The second-order valence-electron chi connectivity index (χ2n) is 3.74. The van der Waals surface area contributed by atoms with Gasteiger partial charge in [0.25, 0.3) is 0 Å². The van der Waals surface area contributed by atoms with Crippen LogP contribution in [0.4, 0.5) is 0 Å². The fourth-order valence-electron chi connectivity index (χ4n) is 1.83. The zero-order valence-corrected chi connectivity index (χ0v) is 9.79. The van der Waals surface area contributed by atoms with Crippen molar-refractivity contribution in [1.29, 1.82) is 0 Å². The lowest BCUT2D eigenvalue weighted by Crippen LogP contribution is -2.19. The summed E-state index contributed by atoms with van der Waals surface area (Å²) in [6.45, 7) is 0.481. The van der Waals surface area contributed by atoms with Crippen LogP contribution in [0.5, 0.6) is 5.75 Å². The predicted octanol–water partition coefficient (Wildman–Crippen LogP) is 2.77. The van der Waals surface area contributed by atoms with E-state index in [1.165, 1.54) is 0 Å². The highest BCUT2D eigenvalue weighted by atomic mass is 35.5. The third-order valence-electron chi connectivity index (χ3n) is 2.66. The number of hydrogen-bond acceptors (Lipinski definition) is 3. The topological polar surface area (TPSA) is 35.5 Å². The van der Waals surface area contributed by atoms with Crippen LogP contribution in [0.3, 0.4) is 0 Å². The maximum atomic E-state index is 11.4. The zero-order valence-electron chi connectivity index (χ0n) is 9.03. The Kier molecular flexibility index (Phi) is 3.46. The molecule has 0 aromatic heterocycles. The van der Waals surface area contributed by atoms with Gasteiger partial charge in [0.2, 0.25) is 0 Å². The molecule has 0 amide bonds. The van der Waals surface area contributed by atoms with Gasteiger partial charge in [0, 0.05) is 23.4 Å². The first-order valence-corrected chi connectivity index (χ1v) is 5.55. The van der Waals surface area contributed by atoms with E-state index in [4.69, 9.17) is 21.1 Å². The van der Waals surface area contributed by atoms with E-state index in [0.717, 1.165) is 5.56 Å². The molecule has 1 atom stereocenters. The van der Waals surface area contributed by atoms with Crippen molar-refractivity contribution in [2.24, 2.45) is 0 Å². The highest BCUT2D eigenvalue weighted by Gasteiger charge is 2.24. The zero-order chi connectivity index (χ0) is 11.5. The van der Waals surface area contributed by atoms with Gasteiger partial charge in [-0.05, 0) is 12.1 Å². The molecule has 4 heteroatoms. The van der Waals surface area contributed by atoms with Crippen molar-refractivity contribution in [1.82, 2.24) is 0 Å². The van der Waals surface area contributed by atoms with Gasteiger partial charge in [-0.15, -0.1) is 0 Å². The number of hydrogen-bond donors (Lipinski definition) is 0. The lowest BCUT2D eigenvalue weighted by Gasteiger charge is -2.23. The van der Waals surface area contributed by atoms with E-state index >= 15 is 0 Å². The number of ether oxygens (including phenoxy) is 2. The highest BCUT2D eigenvalue weighted by Crippen LogP contribution is 2.34. The molecule has 0 spiro atoms. The molecule has 1 aliphatic heterocycles. The maximum absolute atomic E-state index is 11.4. The first-order valence-electron chi connectivity index (χ1n) is 5.17. The molecule has 86 valence electrons. The van der Waals surface area contributed by atoms with Crippen LogP contribution in [0.15, 0.2) is 18.2 Å². The molecule has 1 aromatic carbocycles. The Morgan fingerprint density at radius 2 is 2.31 bits per heavy atom. The first-order chi connectivity index (χ1) is 7.70. The van der Waals surface area contributed by atoms with Crippen molar-refractivity contribution >= 4 is 17.4 Å². The van der Waals surface area contributed by atoms with Gasteiger partial charge < -0.3 is 9.47 Å². The molecule has 0 saturated carbocycles. The minimum atomic E-state index is -0.200. The normalized spacial score (nSPS) is 20.9. The van der Waals surface area contributed by atoms with E-state index in [1.807, 2.05) is 6.07 Å². The molecular formula is C12H13ClO3. The quantitative estimate of drug-likeness (QED) is 0.798. The molecule has 1 aromatic rings. The van der Waals surface area contributed by atoms with E-state index in [9.17, 15) is 4.79 Å². The molecule has 1 unspecified atom stereocenters. The Labute approximate surface area is 99.3 Å². The number of ketones is 1. The van der Waals surface area contributed by atoms with Crippen LogP contribution in [-0.4, -0.2) is 19.5 Å². The summed E-state index contributed by atoms with van der Waals surface area (Å²) in [6, 6.07) is 5.37. The maximum Gasteiger partial charge on any atom is 0.138 e. The Balaban J connectivity index is 2.28. The lowest BCUT2D eigenvalue weighted by molar-refractivity contribution is -0.128. The average Bonchev–Trinajstić information content (AvgIpc) is 2.28. The predicted molar refractivity (Wildman–Crippen MR) is 60.9 cm³/mol. The summed E-state index contributed by atoms with van der Waals surface area (Å²) in [4.78, 5) is 11.4. The van der Waals surface area contributed by atoms with Crippen molar-refractivity contribution in [3.05, 3.63) is 28.8 Å². The molecular weight excluding hydrogens is 228 g/mol. The Morgan fingerprint density at radius 3 is 3.00 bits per heavy atom. The summed E-state index contributed by atoms with van der Waals surface area (Å²) in [5.41, 5.74) is 0.889. The molecule has 0 radical (unpaired) electrons. The largest absolute Gasteiger partial charge is 0.496 e. The number of benzene rings is 1. The van der Waals surface area contributed by atoms with Gasteiger partial charge in [-0.1, -0.05) is 17.7 Å². The average molecular weight is 241 g/mol. The minimum absolute atomic E-state index is 0.200. The van der Waals surface area contributed by atoms with Crippen LogP contribution in [0, 0.1) is 0 Å². The van der Waals surface area contributed by atoms with Crippen LogP contribution in [0.2, 0.25) is 5.02 Å². The standard InChI is InChI=1S/C12H13ClO3/c1-15-11-6-8(13)2-3-10(11)12-7-9(14)4-5-16-12/h2-3,6,12H,4-5,7H2,1H3. The number of methoxy groups -OCH3 is 1. The summed E-state index contributed by atoms with van der Waals surface area (Å²) in [5, 5.41) is 0.614. The summed E-state index contributed by atoms with van der Waals surface area (Å²) in [5.74, 6) is 0.903. The molecule has 0 aliphatic carbocycles. The van der Waals surface area contributed by atoms with E-state index in [-0.39, 0.29) is 11.9 Å².